The average molecular weight is 844 g/mol. The zero-order valence-electron chi connectivity index (χ0n) is 37.4. The van der Waals surface area contributed by atoms with E-state index in [1.165, 1.54) is 116 Å². The number of nitrogens with zero attached hydrogens (tertiary/aromatic N) is 1. The van der Waals surface area contributed by atoms with Crippen LogP contribution >= 0.6 is 0 Å². The lowest BCUT2D eigenvalue weighted by Crippen LogP contribution is -2.23. The molecule has 0 N–H and O–H groups in total. The number of hydrogen-bond acceptors (Lipinski definition) is 0. The summed E-state index contributed by atoms with van der Waals surface area (Å²) in [5.74, 6) is 0.358. The van der Waals surface area contributed by atoms with Gasteiger partial charge in [0.2, 0.25) is 0 Å². The van der Waals surface area contributed by atoms with Crippen LogP contribution in [0.1, 0.15) is 55.5 Å². The summed E-state index contributed by atoms with van der Waals surface area (Å²) in [4.78, 5) is 0. The molecule has 0 bridgehead atoms. The fraction of sp³-hybridized carbons (Fsp3) is 0.108. The summed E-state index contributed by atoms with van der Waals surface area (Å²) in [6.07, 6.45) is 16.0. The number of aromatic nitrogens is 1. The van der Waals surface area contributed by atoms with Gasteiger partial charge in [-0.1, -0.05) is 214 Å². The van der Waals surface area contributed by atoms with E-state index in [0.717, 1.165) is 12.8 Å². The Labute approximate surface area is 387 Å². The van der Waals surface area contributed by atoms with Crippen LogP contribution in [0.3, 0.4) is 0 Å². The molecule has 1 nitrogen and oxygen atoms in total. The molecule has 0 saturated carbocycles. The molecule has 0 aliphatic heterocycles. The molecule has 1 aromatic heterocycles. The van der Waals surface area contributed by atoms with Crippen LogP contribution < -0.4 is 0 Å². The van der Waals surface area contributed by atoms with E-state index in [2.05, 4.69) is 243 Å². The van der Waals surface area contributed by atoms with Gasteiger partial charge in [0, 0.05) is 22.7 Å². The Balaban J connectivity index is 0.956. The van der Waals surface area contributed by atoms with Gasteiger partial charge < -0.3 is 4.57 Å². The van der Waals surface area contributed by atoms with Crippen molar-refractivity contribution in [2.24, 2.45) is 0 Å². The molecule has 1 heterocycles. The third kappa shape index (κ3) is 6.00. The molecule has 0 fully saturated rings. The molecular formula is C65H49N. The first-order valence-corrected chi connectivity index (χ1v) is 23.6. The van der Waals surface area contributed by atoms with E-state index in [9.17, 15) is 0 Å². The van der Waals surface area contributed by atoms with Gasteiger partial charge in [-0.2, -0.15) is 0 Å². The Morgan fingerprint density at radius 2 is 1.08 bits per heavy atom. The van der Waals surface area contributed by atoms with Crippen LogP contribution in [0.25, 0.3) is 93.3 Å². The van der Waals surface area contributed by atoms with Gasteiger partial charge in [-0.15, -0.1) is 0 Å². The summed E-state index contributed by atoms with van der Waals surface area (Å²) in [6.45, 7) is 4.91. The zero-order chi connectivity index (χ0) is 43.9. The van der Waals surface area contributed by atoms with E-state index in [4.69, 9.17) is 0 Å². The molecule has 0 radical (unpaired) electrons. The third-order valence-corrected chi connectivity index (χ3v) is 15.1. The van der Waals surface area contributed by atoms with Crippen molar-refractivity contribution in [1.82, 2.24) is 4.57 Å². The Morgan fingerprint density at radius 3 is 1.77 bits per heavy atom. The molecular weight excluding hydrogens is 795 g/mol. The summed E-state index contributed by atoms with van der Waals surface area (Å²) >= 11 is 0. The second-order valence-corrected chi connectivity index (χ2v) is 19.1. The van der Waals surface area contributed by atoms with Crippen molar-refractivity contribution < 1.29 is 0 Å². The lowest BCUT2D eigenvalue weighted by atomic mass is 9.77. The lowest BCUT2D eigenvalue weighted by molar-refractivity contribution is 0.515. The molecule has 314 valence electrons. The van der Waals surface area contributed by atoms with Gasteiger partial charge in [0.1, 0.15) is 0 Å². The van der Waals surface area contributed by atoms with Crippen molar-refractivity contribution in [3.8, 4) is 44.6 Å². The van der Waals surface area contributed by atoms with Crippen molar-refractivity contribution >= 4 is 48.7 Å². The number of rotatable bonds is 6. The summed E-state index contributed by atoms with van der Waals surface area (Å²) in [7, 11) is 0. The smallest absolute Gasteiger partial charge is 0.0560 e. The number of benzene rings is 9. The minimum atomic E-state index is -0.139. The van der Waals surface area contributed by atoms with E-state index in [1.807, 2.05) is 0 Å². The molecule has 1 heteroatoms. The minimum absolute atomic E-state index is 0.139. The van der Waals surface area contributed by atoms with Crippen LogP contribution in [0.15, 0.2) is 230 Å². The van der Waals surface area contributed by atoms with E-state index < -0.39 is 0 Å². The maximum Gasteiger partial charge on any atom is 0.0560 e. The minimum Gasteiger partial charge on any atom is -0.337 e. The molecule has 3 aliphatic rings. The Bertz CT molecular complexity index is 3720. The van der Waals surface area contributed by atoms with Gasteiger partial charge in [0.25, 0.3) is 0 Å². The second-order valence-electron chi connectivity index (χ2n) is 19.1. The normalized spacial score (nSPS) is 17.3. The van der Waals surface area contributed by atoms with Crippen molar-refractivity contribution in [2.75, 3.05) is 0 Å². The van der Waals surface area contributed by atoms with Crippen LogP contribution in [0.5, 0.6) is 0 Å². The molecule has 2 unspecified atom stereocenters. The fourth-order valence-electron chi connectivity index (χ4n) is 12.0. The second kappa shape index (κ2) is 15.2. The maximum atomic E-state index is 2.65. The Kier molecular flexibility index (Phi) is 8.90. The number of allylic oxidation sites excluding steroid dienone is 8. The first kappa shape index (κ1) is 38.7. The standard InChI is InChI=1S/C65H49N/c1-65(2)59-40-47(31-34-51(59)52-36-33-48(41-60(52)65)66-61(44-19-5-3-6-20-44)37-38-62(66)45-21-7-4-8-22-45)46-32-35-57-58(39-46)64(54-30-16-24-43-18-10-12-26-50(43)54)56-28-14-13-27-55(56)63(57)53-29-15-23-42-17-9-11-25-49(42)53/h3-21,23-40,45,48H,22,41H2,1-2H3. The maximum absolute atomic E-state index is 2.65. The van der Waals surface area contributed by atoms with Crippen molar-refractivity contribution in [3.05, 3.63) is 247 Å². The molecule has 3 aliphatic carbocycles. The van der Waals surface area contributed by atoms with Crippen LogP contribution in [0.4, 0.5) is 0 Å². The van der Waals surface area contributed by atoms with Crippen LogP contribution in [0.2, 0.25) is 0 Å². The van der Waals surface area contributed by atoms with Gasteiger partial charge in [-0.05, 0) is 141 Å². The molecule has 2 atom stereocenters. The van der Waals surface area contributed by atoms with E-state index in [1.54, 1.807) is 0 Å². The van der Waals surface area contributed by atoms with Gasteiger partial charge in [-0.25, -0.2) is 0 Å². The first-order valence-electron chi connectivity index (χ1n) is 23.6. The topological polar surface area (TPSA) is 4.93 Å². The largest absolute Gasteiger partial charge is 0.337 e. The van der Waals surface area contributed by atoms with Crippen LogP contribution in [-0.2, 0) is 5.41 Å². The Morgan fingerprint density at radius 1 is 0.470 bits per heavy atom. The highest BCUT2D eigenvalue weighted by Gasteiger charge is 2.40. The number of hydrogen-bond donors (Lipinski definition) is 0. The highest BCUT2D eigenvalue weighted by atomic mass is 15.0. The lowest BCUT2D eigenvalue weighted by Gasteiger charge is -2.32. The molecule has 0 saturated heterocycles. The molecule has 9 aromatic carbocycles. The van der Waals surface area contributed by atoms with Gasteiger partial charge >= 0.3 is 0 Å². The van der Waals surface area contributed by atoms with Gasteiger partial charge in [0.05, 0.1) is 6.04 Å². The van der Waals surface area contributed by atoms with Crippen molar-refractivity contribution in [1.29, 1.82) is 0 Å². The van der Waals surface area contributed by atoms with E-state index in [0.29, 0.717) is 5.92 Å². The summed E-state index contributed by atoms with van der Waals surface area (Å²) < 4.78 is 2.65. The van der Waals surface area contributed by atoms with E-state index >= 15 is 0 Å². The number of fused-ring (bicyclic) bond motifs is 6. The monoisotopic (exact) mass is 843 g/mol. The molecule has 13 rings (SSSR count). The summed E-state index contributed by atoms with van der Waals surface area (Å²) in [5, 5.41) is 10.1. The molecule has 0 spiro atoms. The van der Waals surface area contributed by atoms with Crippen molar-refractivity contribution in [2.45, 2.75) is 44.1 Å². The summed E-state index contributed by atoms with van der Waals surface area (Å²) in [6, 6.07) is 70.7. The first-order chi connectivity index (χ1) is 32.5. The van der Waals surface area contributed by atoms with Crippen LogP contribution in [-0.4, -0.2) is 4.57 Å². The van der Waals surface area contributed by atoms with Crippen LogP contribution in [0, 0.1) is 0 Å². The van der Waals surface area contributed by atoms with Crippen molar-refractivity contribution in [3.63, 3.8) is 0 Å². The zero-order valence-corrected chi connectivity index (χ0v) is 37.4. The predicted octanol–water partition coefficient (Wildman–Crippen LogP) is 17.6. The van der Waals surface area contributed by atoms with E-state index in [-0.39, 0.29) is 11.5 Å². The predicted molar refractivity (Wildman–Crippen MR) is 281 cm³/mol. The molecule has 10 aromatic rings. The molecule has 66 heavy (non-hydrogen) atoms. The Hall–Kier alpha value is -7.74. The third-order valence-electron chi connectivity index (χ3n) is 15.1. The average Bonchev–Trinajstić information content (AvgIpc) is 3.92. The van der Waals surface area contributed by atoms with Gasteiger partial charge in [0.15, 0.2) is 0 Å². The fourth-order valence-corrected chi connectivity index (χ4v) is 12.0. The highest BCUT2D eigenvalue weighted by Crippen LogP contribution is 2.54. The highest BCUT2D eigenvalue weighted by molar-refractivity contribution is 6.25. The quantitative estimate of drug-likeness (QED) is 0.147. The summed E-state index contributed by atoms with van der Waals surface area (Å²) in [5.41, 5.74) is 17.1. The molecule has 0 amide bonds. The van der Waals surface area contributed by atoms with Gasteiger partial charge in [-0.3, -0.25) is 0 Å². The SMILES string of the molecule is CC1(C)C2=C(C=CC(n3c(-c4ccccc4)ccc3C3C=CC=CC3)C2)c2ccc(-c3ccc4c(-c5cccc6ccccc56)c5ccccc5c(-c5cccc6ccccc56)c4c3)cc21.